The maximum absolute atomic E-state index is 14.3. The highest BCUT2D eigenvalue weighted by Crippen LogP contribution is 2.50. The number of aryl methyl sites for hydroxylation is 1. The topological polar surface area (TPSA) is 192 Å². The summed E-state index contributed by atoms with van der Waals surface area (Å²) in [5.74, 6) is -5.04. The Bertz CT molecular complexity index is 2400. The minimum absolute atomic E-state index is 0.0379. The monoisotopic (exact) mass is 703 g/mol. The Hall–Kier alpha value is -6.48. The number of imide groups is 1. The molecule has 264 valence electrons. The van der Waals surface area contributed by atoms with Crippen LogP contribution in [0.15, 0.2) is 94.8 Å². The molecule has 2 saturated heterocycles. The molecule has 52 heavy (non-hydrogen) atoms. The number of nitrogens with one attached hydrogen (secondary N) is 1. The van der Waals surface area contributed by atoms with Crippen LogP contribution in [0.5, 0.6) is 0 Å². The molecule has 0 bridgehead atoms. The third-order valence-electron chi connectivity index (χ3n) is 10.1. The number of amides is 2. The first-order valence-electron chi connectivity index (χ1n) is 16.4. The minimum Gasteiger partial charge on any atom is -0.480 e. The molecule has 2 aliphatic rings. The first-order chi connectivity index (χ1) is 24.9. The molecule has 5 aromatic rings. The van der Waals surface area contributed by atoms with Crippen LogP contribution in [-0.2, 0) is 41.4 Å². The summed E-state index contributed by atoms with van der Waals surface area (Å²) in [5.41, 5.74) is -0.122. The van der Waals surface area contributed by atoms with Crippen LogP contribution in [0, 0.1) is 22.0 Å². The Balaban J connectivity index is 1.24. The highest BCUT2D eigenvalue weighted by Gasteiger charge is 2.68. The van der Waals surface area contributed by atoms with Crippen LogP contribution in [0.4, 0.5) is 5.69 Å². The summed E-state index contributed by atoms with van der Waals surface area (Å²) in [4.78, 5) is 83.3. The molecule has 2 amide bonds. The third-order valence-corrected chi connectivity index (χ3v) is 10.1. The van der Waals surface area contributed by atoms with Crippen LogP contribution >= 0.6 is 0 Å². The fraction of sp³-hybridized carbons (Fsp3) is 0.243. The number of aromatic nitrogens is 4. The van der Waals surface area contributed by atoms with E-state index in [1.165, 1.54) is 53.8 Å². The zero-order chi connectivity index (χ0) is 36.9. The zero-order valence-corrected chi connectivity index (χ0v) is 28.1. The first kappa shape index (κ1) is 34.0. The Morgan fingerprint density at radius 2 is 1.56 bits per heavy atom. The number of fused-ring (bicyclic) bond motifs is 2. The highest BCUT2D eigenvalue weighted by molar-refractivity contribution is 6.09. The summed E-state index contributed by atoms with van der Waals surface area (Å²) in [5, 5.41) is 25.3. The van der Waals surface area contributed by atoms with Crippen LogP contribution in [0.3, 0.4) is 0 Å². The lowest BCUT2D eigenvalue weighted by atomic mass is 9.76. The van der Waals surface area contributed by atoms with Gasteiger partial charge in [-0.3, -0.25) is 48.6 Å². The van der Waals surface area contributed by atoms with E-state index in [9.17, 15) is 39.2 Å². The van der Waals surface area contributed by atoms with Crippen molar-refractivity contribution < 1.29 is 24.4 Å². The van der Waals surface area contributed by atoms with E-state index in [1.54, 1.807) is 12.1 Å². The molecular weight excluding hydrogens is 670 g/mol. The number of aliphatic carboxylic acids is 1. The van der Waals surface area contributed by atoms with Crippen LogP contribution in [0.1, 0.15) is 28.3 Å². The normalized spacial score (nSPS) is 21.3. The molecule has 4 heterocycles. The van der Waals surface area contributed by atoms with Crippen molar-refractivity contribution >= 4 is 46.8 Å². The van der Waals surface area contributed by atoms with Gasteiger partial charge in [-0.2, -0.15) is 0 Å². The number of imidazole rings is 1. The molecule has 15 heteroatoms. The van der Waals surface area contributed by atoms with Gasteiger partial charge in [-0.25, -0.2) is 9.78 Å². The van der Waals surface area contributed by atoms with E-state index < -0.39 is 57.4 Å². The average molecular weight is 704 g/mol. The molecule has 4 atom stereocenters. The van der Waals surface area contributed by atoms with Crippen LogP contribution in [-0.4, -0.2) is 63.5 Å². The maximum atomic E-state index is 14.3. The van der Waals surface area contributed by atoms with E-state index >= 15 is 0 Å². The lowest BCUT2D eigenvalue weighted by molar-refractivity contribution is -0.384. The molecule has 0 saturated carbocycles. The van der Waals surface area contributed by atoms with Gasteiger partial charge in [0.1, 0.15) is 5.54 Å². The van der Waals surface area contributed by atoms with E-state index in [0.29, 0.717) is 11.1 Å². The van der Waals surface area contributed by atoms with Gasteiger partial charge in [0.15, 0.2) is 11.2 Å². The average Bonchev–Trinajstić information content (AvgIpc) is 3.80. The van der Waals surface area contributed by atoms with Crippen molar-refractivity contribution in [1.29, 1.82) is 0 Å². The molecule has 7 rings (SSSR count). The van der Waals surface area contributed by atoms with Crippen LogP contribution in [0.2, 0.25) is 0 Å². The second kappa shape index (κ2) is 13.0. The van der Waals surface area contributed by atoms with Crippen molar-refractivity contribution in [2.45, 2.75) is 24.5 Å². The van der Waals surface area contributed by atoms with Gasteiger partial charge in [-0.1, -0.05) is 78.9 Å². The Kier molecular flexibility index (Phi) is 8.50. The number of carboxylic acid groups (broad SMARTS) is 1. The number of nitro benzene ring substituents is 1. The molecule has 0 aliphatic carbocycles. The second-order valence-corrected chi connectivity index (χ2v) is 13.1. The van der Waals surface area contributed by atoms with Gasteiger partial charge >= 0.3 is 11.7 Å². The number of non-ortho nitro benzene ring substituents is 1. The number of nitrogens with zero attached hydrogens (tertiary/aromatic N) is 6. The quantitative estimate of drug-likeness (QED) is 0.0946. The van der Waals surface area contributed by atoms with Gasteiger partial charge in [-0.15, -0.1) is 0 Å². The molecule has 2 aliphatic heterocycles. The largest absolute Gasteiger partial charge is 0.480 e. The molecule has 4 unspecified atom stereocenters. The standard InChI is InChI=1S/C37H33N7O8/c1-40-31-30(34(47)41(2)36(40)50)42(21-38-31)18-19-43-32(45)27-28(33(43)46)37(35(48)49,20-24-12-16-26(17-13-24)44(51)52)39-29(27)25-14-10-23(11-15-25)9-8-22-6-4-3-5-7-22/h3-17,21,27-29,39H,18-20H2,1-2H3,(H,48,49). The molecule has 0 spiro atoms. The molecule has 3 aromatic carbocycles. The van der Waals surface area contributed by atoms with Gasteiger partial charge in [0.25, 0.3) is 11.2 Å². The van der Waals surface area contributed by atoms with Gasteiger partial charge < -0.3 is 9.67 Å². The van der Waals surface area contributed by atoms with Gasteiger partial charge in [0.2, 0.25) is 11.8 Å². The molecule has 15 nitrogen and oxygen atoms in total. The molecule has 2 N–H and O–H groups in total. The number of carbonyl (C=O) groups is 3. The lowest BCUT2D eigenvalue weighted by Crippen LogP contribution is -2.57. The van der Waals surface area contributed by atoms with E-state index in [0.717, 1.165) is 20.6 Å². The number of benzene rings is 3. The zero-order valence-electron chi connectivity index (χ0n) is 28.1. The number of carbonyl (C=O) groups excluding carboxylic acids is 2. The summed E-state index contributed by atoms with van der Waals surface area (Å²) in [6.07, 6.45) is 5.00. The fourth-order valence-electron chi connectivity index (χ4n) is 7.41. The lowest BCUT2D eigenvalue weighted by Gasteiger charge is -2.31. The predicted molar refractivity (Wildman–Crippen MR) is 189 cm³/mol. The minimum atomic E-state index is -1.95. The Morgan fingerprint density at radius 1 is 0.904 bits per heavy atom. The van der Waals surface area contributed by atoms with Crippen molar-refractivity contribution in [2.75, 3.05) is 6.54 Å². The Labute approximate surface area is 295 Å². The van der Waals surface area contributed by atoms with E-state index in [2.05, 4.69) is 10.3 Å². The summed E-state index contributed by atoms with van der Waals surface area (Å²) >= 11 is 0. The van der Waals surface area contributed by atoms with Crippen molar-refractivity contribution in [1.82, 2.24) is 28.9 Å². The summed E-state index contributed by atoms with van der Waals surface area (Å²) in [7, 11) is 2.82. The van der Waals surface area contributed by atoms with Crippen molar-refractivity contribution in [3.05, 3.63) is 138 Å². The maximum Gasteiger partial charge on any atom is 0.332 e. The van der Waals surface area contributed by atoms with Crippen molar-refractivity contribution in [2.24, 2.45) is 25.9 Å². The third kappa shape index (κ3) is 5.60. The van der Waals surface area contributed by atoms with Crippen LogP contribution < -0.4 is 16.6 Å². The number of hydrogen-bond acceptors (Lipinski definition) is 9. The van der Waals surface area contributed by atoms with Crippen molar-refractivity contribution in [3.63, 3.8) is 0 Å². The van der Waals surface area contributed by atoms with E-state index in [4.69, 9.17) is 0 Å². The summed E-state index contributed by atoms with van der Waals surface area (Å²) in [6, 6.07) is 21.5. The molecule has 2 fully saturated rings. The smallest absolute Gasteiger partial charge is 0.332 e. The number of likely N-dealkylation sites (tertiary alicyclic amines) is 1. The van der Waals surface area contributed by atoms with Crippen molar-refractivity contribution in [3.8, 4) is 0 Å². The number of hydrogen-bond donors (Lipinski definition) is 2. The Morgan fingerprint density at radius 3 is 2.19 bits per heavy atom. The second-order valence-electron chi connectivity index (χ2n) is 13.1. The first-order valence-corrected chi connectivity index (χ1v) is 16.4. The predicted octanol–water partition coefficient (Wildman–Crippen LogP) is 2.52. The fourth-order valence-corrected chi connectivity index (χ4v) is 7.41. The van der Waals surface area contributed by atoms with E-state index in [1.807, 2.05) is 54.6 Å². The highest BCUT2D eigenvalue weighted by atomic mass is 16.6. The number of nitro groups is 1. The molecule has 2 aromatic heterocycles. The number of rotatable bonds is 10. The van der Waals surface area contributed by atoms with Crippen LogP contribution in [0.25, 0.3) is 23.3 Å². The summed E-state index contributed by atoms with van der Waals surface area (Å²) < 4.78 is 3.63. The van der Waals surface area contributed by atoms with Gasteiger partial charge in [-0.05, 0) is 22.3 Å². The summed E-state index contributed by atoms with van der Waals surface area (Å²) in [6.45, 7) is -0.227. The SMILES string of the molecule is Cn1c(=O)c2c(ncn2CCN2C(=O)C3C(c4ccc(C=Cc5ccccc5)cc4)NC(Cc4ccc([N+](=O)[O-])cc4)(C(=O)O)C3C2=O)n(C)c1=O. The van der Waals surface area contributed by atoms with Gasteiger partial charge in [0, 0.05) is 51.8 Å². The van der Waals surface area contributed by atoms with Gasteiger partial charge in [0.05, 0.1) is 23.1 Å². The number of carboxylic acids is 1. The van der Waals surface area contributed by atoms with E-state index in [-0.39, 0.29) is 36.4 Å². The molecule has 0 radical (unpaired) electrons. The molecular formula is C37H33N7O8.